The third-order valence-electron chi connectivity index (χ3n) is 8.61. The average Bonchev–Trinajstić information content (AvgIpc) is 2.96. The van der Waals surface area contributed by atoms with Crippen LogP contribution in [-0.4, -0.2) is 93.5 Å². The number of rotatable bonds is 11. The SMILES string of the molecule is CCN(C(=O)Cc1ccc(S(C)(=O)=O)cc1)C1CCN(CCC(NC(=O)C2CCCN(C)C2)c2ccccc2)CC1. The van der Waals surface area contributed by atoms with E-state index in [1.54, 1.807) is 24.3 Å². The first-order chi connectivity index (χ1) is 19.6. The minimum atomic E-state index is -3.25. The molecule has 2 fully saturated rings. The molecule has 2 heterocycles. The summed E-state index contributed by atoms with van der Waals surface area (Å²) in [4.78, 5) is 33.3. The van der Waals surface area contributed by atoms with E-state index in [0.717, 1.165) is 76.0 Å². The lowest BCUT2D eigenvalue weighted by molar-refractivity contribution is -0.133. The Labute approximate surface area is 246 Å². The molecule has 2 saturated heterocycles. The number of carbonyl (C=O) groups is 2. The van der Waals surface area contributed by atoms with E-state index < -0.39 is 9.84 Å². The van der Waals surface area contributed by atoms with Gasteiger partial charge in [0.15, 0.2) is 9.84 Å². The summed E-state index contributed by atoms with van der Waals surface area (Å²) in [7, 11) is -1.17. The number of hydrogen-bond acceptors (Lipinski definition) is 6. The fourth-order valence-electron chi connectivity index (χ4n) is 6.21. The summed E-state index contributed by atoms with van der Waals surface area (Å²) in [5, 5.41) is 3.37. The van der Waals surface area contributed by atoms with Crippen LogP contribution in [0.25, 0.3) is 0 Å². The van der Waals surface area contributed by atoms with E-state index in [1.165, 1.54) is 6.26 Å². The number of hydrogen-bond donors (Lipinski definition) is 1. The third-order valence-corrected chi connectivity index (χ3v) is 9.74. The van der Waals surface area contributed by atoms with Crippen LogP contribution in [0.3, 0.4) is 0 Å². The van der Waals surface area contributed by atoms with Crippen LogP contribution >= 0.6 is 0 Å². The van der Waals surface area contributed by atoms with Crippen LogP contribution in [0.2, 0.25) is 0 Å². The summed E-state index contributed by atoms with van der Waals surface area (Å²) in [5.74, 6) is 0.288. The first kappa shape index (κ1) is 31.2. The van der Waals surface area contributed by atoms with Crippen LogP contribution in [0.15, 0.2) is 59.5 Å². The predicted molar refractivity (Wildman–Crippen MR) is 162 cm³/mol. The third kappa shape index (κ3) is 8.87. The van der Waals surface area contributed by atoms with Crippen LogP contribution < -0.4 is 5.32 Å². The van der Waals surface area contributed by atoms with Gasteiger partial charge in [0.2, 0.25) is 11.8 Å². The lowest BCUT2D eigenvalue weighted by Gasteiger charge is -2.38. The molecule has 41 heavy (non-hydrogen) atoms. The fourth-order valence-corrected chi connectivity index (χ4v) is 6.84. The van der Waals surface area contributed by atoms with Gasteiger partial charge in [0, 0.05) is 45.0 Å². The van der Waals surface area contributed by atoms with E-state index in [4.69, 9.17) is 0 Å². The van der Waals surface area contributed by atoms with Gasteiger partial charge in [-0.25, -0.2) is 8.42 Å². The first-order valence-electron chi connectivity index (χ1n) is 15.0. The molecule has 0 aromatic heterocycles. The number of likely N-dealkylation sites (tertiary alicyclic amines) is 2. The Hall–Kier alpha value is -2.75. The van der Waals surface area contributed by atoms with E-state index in [-0.39, 0.29) is 41.1 Å². The molecule has 2 aromatic rings. The standard InChI is InChI=1S/C32H46N4O4S/c1-4-36(31(37)23-25-12-14-29(15-13-25)41(3,39)40)28-16-20-35(21-17-28)22-18-30(26-9-6-5-7-10-26)33-32(38)27-11-8-19-34(2)24-27/h5-7,9-10,12-15,27-28,30H,4,8,11,16-24H2,1-3H3,(H,33,38). The van der Waals surface area contributed by atoms with E-state index >= 15 is 0 Å². The Kier molecular flexibility index (Phi) is 11.0. The van der Waals surface area contributed by atoms with Crippen molar-refractivity contribution >= 4 is 21.7 Å². The molecule has 0 radical (unpaired) electrons. The summed E-state index contributed by atoms with van der Waals surface area (Å²) < 4.78 is 23.5. The lowest BCUT2D eigenvalue weighted by atomic mass is 9.95. The fraction of sp³-hybridized carbons (Fsp3) is 0.562. The maximum atomic E-state index is 13.2. The lowest BCUT2D eigenvalue weighted by Crippen LogP contribution is -2.48. The number of likely N-dealkylation sites (N-methyl/N-ethyl adjacent to an activating group) is 1. The maximum Gasteiger partial charge on any atom is 0.227 e. The van der Waals surface area contributed by atoms with Crippen molar-refractivity contribution in [3.8, 4) is 0 Å². The summed E-state index contributed by atoms with van der Waals surface area (Å²) >= 11 is 0. The smallest absolute Gasteiger partial charge is 0.227 e. The Morgan fingerprint density at radius 3 is 2.29 bits per heavy atom. The molecule has 2 amide bonds. The zero-order valence-electron chi connectivity index (χ0n) is 24.8. The molecule has 1 N–H and O–H groups in total. The van der Waals surface area contributed by atoms with Crippen molar-refractivity contribution in [1.82, 2.24) is 20.0 Å². The van der Waals surface area contributed by atoms with Gasteiger partial charge in [0.05, 0.1) is 23.3 Å². The van der Waals surface area contributed by atoms with Crippen molar-refractivity contribution in [2.24, 2.45) is 5.92 Å². The second kappa shape index (κ2) is 14.4. The molecule has 224 valence electrons. The normalized spacial score (nSPS) is 19.9. The number of amides is 2. The van der Waals surface area contributed by atoms with Crippen molar-refractivity contribution in [2.45, 2.75) is 62.4 Å². The average molecular weight is 583 g/mol. The zero-order chi connectivity index (χ0) is 29.4. The van der Waals surface area contributed by atoms with Gasteiger partial charge >= 0.3 is 0 Å². The molecule has 8 nitrogen and oxygen atoms in total. The number of sulfone groups is 1. The summed E-state index contributed by atoms with van der Waals surface area (Å²) in [6.45, 7) is 7.28. The number of nitrogens with zero attached hydrogens (tertiary/aromatic N) is 3. The summed E-state index contributed by atoms with van der Waals surface area (Å²) in [6, 6.07) is 17.1. The molecule has 9 heteroatoms. The highest BCUT2D eigenvalue weighted by molar-refractivity contribution is 7.90. The van der Waals surface area contributed by atoms with Gasteiger partial charge in [0.1, 0.15) is 0 Å². The molecular weight excluding hydrogens is 536 g/mol. The van der Waals surface area contributed by atoms with Crippen molar-refractivity contribution in [3.05, 3.63) is 65.7 Å². The summed E-state index contributed by atoms with van der Waals surface area (Å²) in [5.41, 5.74) is 1.97. The van der Waals surface area contributed by atoms with Gasteiger partial charge in [-0.15, -0.1) is 0 Å². The van der Waals surface area contributed by atoms with Gasteiger partial charge in [0.25, 0.3) is 0 Å². The van der Waals surface area contributed by atoms with Gasteiger partial charge in [-0.3, -0.25) is 9.59 Å². The van der Waals surface area contributed by atoms with Crippen LogP contribution in [0.4, 0.5) is 0 Å². The van der Waals surface area contributed by atoms with Crippen molar-refractivity contribution in [2.75, 3.05) is 52.6 Å². The van der Waals surface area contributed by atoms with Crippen LogP contribution in [0, 0.1) is 5.92 Å². The Morgan fingerprint density at radius 1 is 1.00 bits per heavy atom. The molecule has 0 bridgehead atoms. The van der Waals surface area contributed by atoms with Crippen LogP contribution in [0.5, 0.6) is 0 Å². The molecule has 0 spiro atoms. The van der Waals surface area contributed by atoms with Crippen LogP contribution in [0.1, 0.15) is 56.2 Å². The molecule has 2 atom stereocenters. The largest absolute Gasteiger partial charge is 0.349 e. The predicted octanol–water partition coefficient (Wildman–Crippen LogP) is 3.53. The second-order valence-corrected chi connectivity index (χ2v) is 13.7. The first-order valence-corrected chi connectivity index (χ1v) is 16.9. The zero-order valence-corrected chi connectivity index (χ0v) is 25.6. The molecule has 2 aliphatic heterocycles. The highest BCUT2D eigenvalue weighted by atomic mass is 32.2. The highest BCUT2D eigenvalue weighted by Crippen LogP contribution is 2.23. The number of piperidine rings is 2. The Morgan fingerprint density at radius 2 is 1.68 bits per heavy atom. The minimum Gasteiger partial charge on any atom is -0.349 e. The topological polar surface area (TPSA) is 90.0 Å². The van der Waals surface area contributed by atoms with Crippen molar-refractivity contribution in [3.63, 3.8) is 0 Å². The van der Waals surface area contributed by atoms with Crippen molar-refractivity contribution < 1.29 is 18.0 Å². The molecule has 0 saturated carbocycles. The number of carbonyl (C=O) groups excluding carboxylic acids is 2. The number of nitrogens with one attached hydrogen (secondary N) is 1. The molecular formula is C32H46N4O4S. The minimum absolute atomic E-state index is 0.0172. The monoisotopic (exact) mass is 582 g/mol. The Bertz CT molecular complexity index is 1240. The van der Waals surface area contributed by atoms with E-state index in [0.29, 0.717) is 6.54 Å². The van der Waals surface area contributed by atoms with Gasteiger partial charge in [-0.1, -0.05) is 42.5 Å². The van der Waals surface area contributed by atoms with Crippen LogP contribution in [-0.2, 0) is 25.8 Å². The molecule has 2 unspecified atom stereocenters. The molecule has 4 rings (SSSR count). The quantitative estimate of drug-likeness (QED) is 0.436. The Balaban J connectivity index is 1.29. The molecule has 2 aliphatic rings. The van der Waals surface area contributed by atoms with E-state index in [9.17, 15) is 18.0 Å². The van der Waals surface area contributed by atoms with Gasteiger partial charge in [-0.2, -0.15) is 0 Å². The van der Waals surface area contributed by atoms with E-state index in [2.05, 4.69) is 34.3 Å². The van der Waals surface area contributed by atoms with Gasteiger partial charge in [-0.05, 0) is 75.9 Å². The summed E-state index contributed by atoms with van der Waals surface area (Å²) in [6.07, 6.45) is 6.16. The number of benzene rings is 2. The van der Waals surface area contributed by atoms with Gasteiger partial charge < -0.3 is 20.0 Å². The highest BCUT2D eigenvalue weighted by Gasteiger charge is 2.29. The maximum absolute atomic E-state index is 13.2. The molecule has 2 aromatic carbocycles. The van der Waals surface area contributed by atoms with E-state index in [1.807, 2.05) is 30.0 Å². The van der Waals surface area contributed by atoms with Crippen molar-refractivity contribution in [1.29, 1.82) is 0 Å². The molecule has 0 aliphatic carbocycles. The second-order valence-electron chi connectivity index (χ2n) is 11.7.